The lowest BCUT2D eigenvalue weighted by Crippen LogP contribution is -2.55. The molecule has 43 heavy (non-hydrogen) atoms. The summed E-state index contributed by atoms with van der Waals surface area (Å²) in [7, 11) is 4.74. The lowest BCUT2D eigenvalue weighted by Gasteiger charge is -2.51. The summed E-state index contributed by atoms with van der Waals surface area (Å²) in [6.07, 6.45) is 0.607. The third kappa shape index (κ3) is 5.08. The van der Waals surface area contributed by atoms with Gasteiger partial charge in [0.25, 0.3) is 0 Å². The Kier molecular flexibility index (Phi) is 9.20. The molecule has 1 amide bonds. The molecule has 0 bridgehead atoms. The van der Waals surface area contributed by atoms with Crippen LogP contribution in [0.3, 0.4) is 0 Å². The van der Waals surface area contributed by atoms with Gasteiger partial charge in [-0.1, -0.05) is 60.8 Å². The van der Waals surface area contributed by atoms with Crippen LogP contribution in [0.1, 0.15) is 45.2 Å². The summed E-state index contributed by atoms with van der Waals surface area (Å²) in [5.41, 5.74) is 1.48. The topological polar surface area (TPSA) is 126 Å². The largest absolute Gasteiger partial charge is 0.466 e. The molecule has 1 aromatic carbocycles. The highest BCUT2D eigenvalue weighted by molar-refractivity contribution is 8.26. The Morgan fingerprint density at radius 2 is 1.35 bits per heavy atom. The zero-order valence-electron chi connectivity index (χ0n) is 25.4. The van der Waals surface area contributed by atoms with Crippen LogP contribution in [0, 0.1) is 12.8 Å². The van der Waals surface area contributed by atoms with Crippen molar-refractivity contribution < 1.29 is 42.9 Å². The molecule has 0 fully saturated rings. The summed E-state index contributed by atoms with van der Waals surface area (Å²) in [5, 5.41) is 0. The number of hydrogen-bond donors (Lipinski definition) is 0. The first-order valence-corrected chi connectivity index (χ1v) is 15.8. The number of esters is 4. The van der Waals surface area contributed by atoms with Crippen LogP contribution in [-0.2, 0) is 42.9 Å². The van der Waals surface area contributed by atoms with Gasteiger partial charge in [0.1, 0.15) is 18.8 Å². The van der Waals surface area contributed by atoms with Crippen LogP contribution < -0.4 is 4.90 Å². The maximum atomic E-state index is 14.0. The Morgan fingerprint density at radius 3 is 1.84 bits per heavy atom. The molecule has 0 N–H and O–H groups in total. The number of methoxy groups -OCH3 is 4. The van der Waals surface area contributed by atoms with Gasteiger partial charge in [0.2, 0.25) is 5.91 Å². The lowest BCUT2D eigenvalue weighted by atomic mass is 9.82. The first kappa shape index (κ1) is 32.7. The molecule has 0 saturated heterocycles. The molecule has 3 aliphatic heterocycles. The number of amides is 1. The molecule has 0 unspecified atom stereocenters. The fourth-order valence-corrected chi connectivity index (χ4v) is 10.3. The standard InChI is InChI=1S/C30H33NO9S3/c1-10-15(3)24(32)31-17-12-11-14(2)13-16(17)18-23(29(31,4)5)41-20(26(34)38-7)19(25(33)37-6)30(18)42-21(27(35)39-8)22(43-30)28(36)40-9/h11-13,15H,10H2,1-9H3/t15-/m0/s1. The highest BCUT2D eigenvalue weighted by atomic mass is 32.2. The normalized spacial score (nSPS) is 19.0. The van der Waals surface area contributed by atoms with Crippen molar-refractivity contribution >= 4 is 76.3 Å². The number of anilines is 1. The number of thioether (sulfide) groups is 3. The molecule has 0 aliphatic carbocycles. The predicted octanol–water partition coefficient (Wildman–Crippen LogP) is 4.96. The fourth-order valence-electron chi connectivity index (χ4n) is 5.22. The molecule has 10 nitrogen and oxygen atoms in total. The van der Waals surface area contributed by atoms with Crippen molar-refractivity contribution in [3.05, 3.63) is 54.5 Å². The summed E-state index contributed by atoms with van der Waals surface area (Å²) in [6.45, 7) is 9.42. The number of carbonyl (C=O) groups is 5. The van der Waals surface area contributed by atoms with E-state index in [9.17, 15) is 24.0 Å². The lowest BCUT2D eigenvalue weighted by molar-refractivity contribution is -0.138. The van der Waals surface area contributed by atoms with Gasteiger partial charge in [-0.3, -0.25) is 4.79 Å². The van der Waals surface area contributed by atoms with Crippen LogP contribution in [0.5, 0.6) is 0 Å². The van der Waals surface area contributed by atoms with Gasteiger partial charge in [-0.25, -0.2) is 19.2 Å². The average molecular weight is 648 g/mol. The zero-order chi connectivity index (χ0) is 32.0. The number of carbonyl (C=O) groups excluding carboxylic acids is 5. The van der Waals surface area contributed by atoms with E-state index in [-0.39, 0.29) is 32.1 Å². The van der Waals surface area contributed by atoms with Crippen molar-refractivity contribution in [2.24, 2.45) is 5.92 Å². The van der Waals surface area contributed by atoms with Crippen molar-refractivity contribution in [3.8, 4) is 0 Å². The van der Waals surface area contributed by atoms with E-state index < -0.39 is 33.5 Å². The SMILES string of the molecule is CC[C@H](C)C(=O)N1c2ccc(C)cc2C2=C(SC(C(=O)OC)=C(C(=O)OC)C23SC(C(=O)OC)=C(C(=O)OC)S3)C1(C)C. The van der Waals surface area contributed by atoms with Crippen molar-refractivity contribution in [1.29, 1.82) is 0 Å². The molecular formula is C30H33NO9S3. The van der Waals surface area contributed by atoms with Gasteiger partial charge < -0.3 is 23.8 Å². The summed E-state index contributed by atoms with van der Waals surface area (Å²) in [4.78, 5) is 69.4. The second-order valence-electron chi connectivity index (χ2n) is 10.5. The van der Waals surface area contributed by atoms with Crippen LogP contribution in [0.2, 0.25) is 0 Å². The molecule has 1 atom stereocenters. The molecule has 1 spiro atoms. The maximum absolute atomic E-state index is 14.0. The van der Waals surface area contributed by atoms with Crippen LogP contribution >= 0.6 is 35.3 Å². The van der Waals surface area contributed by atoms with Crippen LogP contribution in [0.25, 0.3) is 5.57 Å². The quantitative estimate of drug-likeness (QED) is 0.306. The number of rotatable bonds is 6. The van der Waals surface area contributed by atoms with E-state index in [0.717, 1.165) is 40.8 Å². The van der Waals surface area contributed by atoms with Gasteiger partial charge >= 0.3 is 23.9 Å². The van der Waals surface area contributed by atoms with E-state index >= 15 is 0 Å². The Bertz CT molecular complexity index is 1510. The van der Waals surface area contributed by atoms with Crippen LogP contribution in [0.4, 0.5) is 5.69 Å². The Morgan fingerprint density at radius 1 is 0.837 bits per heavy atom. The molecule has 0 saturated carbocycles. The molecule has 13 heteroatoms. The number of hydrogen-bond acceptors (Lipinski definition) is 12. The monoisotopic (exact) mass is 647 g/mol. The van der Waals surface area contributed by atoms with Gasteiger partial charge in [-0.05, 0) is 39.3 Å². The van der Waals surface area contributed by atoms with Gasteiger partial charge in [-0.2, -0.15) is 0 Å². The minimum Gasteiger partial charge on any atom is -0.466 e. The van der Waals surface area contributed by atoms with Crippen molar-refractivity contribution in [2.75, 3.05) is 33.3 Å². The number of ether oxygens (including phenoxy) is 4. The summed E-state index contributed by atoms with van der Waals surface area (Å²) in [5.74, 6) is -3.71. The fraction of sp³-hybridized carbons (Fsp3) is 0.433. The minimum atomic E-state index is -1.60. The number of aryl methyl sites for hydroxylation is 1. The number of nitrogens with zero attached hydrogens (tertiary/aromatic N) is 1. The minimum absolute atomic E-state index is 0.0800. The van der Waals surface area contributed by atoms with Crippen LogP contribution in [0.15, 0.2) is 43.4 Å². The molecule has 1 aromatic rings. The number of benzene rings is 1. The summed E-state index contributed by atoms with van der Waals surface area (Å²) in [6, 6.07) is 5.64. The zero-order valence-corrected chi connectivity index (χ0v) is 27.8. The third-order valence-corrected chi connectivity index (χ3v) is 12.2. The number of fused-ring (bicyclic) bond motifs is 3. The smallest absolute Gasteiger partial charge is 0.345 e. The highest BCUT2D eigenvalue weighted by Gasteiger charge is 2.61. The summed E-state index contributed by atoms with van der Waals surface area (Å²) >= 11 is 2.83. The van der Waals surface area contributed by atoms with Crippen molar-refractivity contribution in [1.82, 2.24) is 0 Å². The molecule has 0 aromatic heterocycles. The van der Waals surface area contributed by atoms with E-state index in [1.807, 2.05) is 52.8 Å². The first-order chi connectivity index (χ1) is 20.2. The molecule has 230 valence electrons. The second kappa shape index (κ2) is 12.1. The maximum Gasteiger partial charge on any atom is 0.345 e. The van der Waals surface area contributed by atoms with Gasteiger partial charge in [0.05, 0.1) is 45.2 Å². The first-order valence-electron chi connectivity index (χ1n) is 13.3. The van der Waals surface area contributed by atoms with E-state index in [0.29, 0.717) is 28.1 Å². The Balaban J connectivity index is 2.18. The van der Waals surface area contributed by atoms with Crippen molar-refractivity contribution in [3.63, 3.8) is 0 Å². The van der Waals surface area contributed by atoms with Gasteiger partial charge in [0, 0.05) is 22.0 Å². The van der Waals surface area contributed by atoms with Gasteiger partial charge in [0.15, 0.2) is 0 Å². The molecule has 3 aliphatic rings. The molecule has 4 rings (SSSR count). The molecular weight excluding hydrogens is 615 g/mol. The average Bonchev–Trinajstić information content (AvgIpc) is 3.38. The van der Waals surface area contributed by atoms with E-state index in [2.05, 4.69) is 0 Å². The van der Waals surface area contributed by atoms with E-state index in [1.54, 1.807) is 4.90 Å². The Labute approximate surface area is 262 Å². The molecule has 3 heterocycles. The van der Waals surface area contributed by atoms with Crippen molar-refractivity contribution in [2.45, 2.75) is 50.7 Å². The third-order valence-electron chi connectivity index (χ3n) is 7.55. The van der Waals surface area contributed by atoms with Gasteiger partial charge in [-0.15, -0.1) is 0 Å². The Hall–Kier alpha value is -3.16. The van der Waals surface area contributed by atoms with E-state index in [1.165, 1.54) is 28.4 Å². The predicted molar refractivity (Wildman–Crippen MR) is 167 cm³/mol. The second-order valence-corrected chi connectivity index (χ2v) is 14.2. The molecule has 0 radical (unpaired) electrons. The highest BCUT2D eigenvalue weighted by Crippen LogP contribution is 2.71. The van der Waals surface area contributed by atoms with Crippen LogP contribution in [-0.4, -0.2) is 67.8 Å². The summed E-state index contributed by atoms with van der Waals surface area (Å²) < 4.78 is 18.8. The van der Waals surface area contributed by atoms with E-state index in [4.69, 9.17) is 18.9 Å².